The van der Waals surface area contributed by atoms with Crippen molar-refractivity contribution in [3.05, 3.63) is 34.9 Å². The number of urea groups is 1. The summed E-state index contributed by atoms with van der Waals surface area (Å²) < 4.78 is 35.8. The number of amides is 3. The van der Waals surface area contributed by atoms with E-state index >= 15 is 0 Å². The predicted molar refractivity (Wildman–Crippen MR) is 75.3 cm³/mol. The van der Waals surface area contributed by atoms with Crippen LogP contribution in [0.15, 0.2) is 24.3 Å². The van der Waals surface area contributed by atoms with Crippen molar-refractivity contribution in [2.45, 2.75) is 12.6 Å². The third-order valence-corrected chi connectivity index (χ3v) is 3.15. The predicted octanol–water partition coefficient (Wildman–Crippen LogP) is 1.85. The lowest BCUT2D eigenvalue weighted by Gasteiger charge is -2.16. The Balaban J connectivity index is 2.54. The highest BCUT2D eigenvalue weighted by molar-refractivity contribution is 6.31. The van der Waals surface area contributed by atoms with Crippen LogP contribution in [0, 0.1) is 5.92 Å². The Morgan fingerprint density at radius 3 is 2.41 bits per heavy atom. The first kappa shape index (κ1) is 18.1. The van der Waals surface area contributed by atoms with Gasteiger partial charge >= 0.3 is 12.2 Å². The molecule has 0 fully saturated rings. The van der Waals surface area contributed by atoms with Crippen molar-refractivity contribution in [3.63, 3.8) is 0 Å². The van der Waals surface area contributed by atoms with E-state index in [1.165, 1.54) is 0 Å². The quantitative estimate of drug-likeness (QED) is 0.740. The van der Waals surface area contributed by atoms with Gasteiger partial charge in [0, 0.05) is 11.6 Å². The minimum absolute atomic E-state index is 0.175. The Morgan fingerprint density at radius 1 is 1.23 bits per heavy atom. The molecule has 122 valence electrons. The van der Waals surface area contributed by atoms with Gasteiger partial charge in [-0.25, -0.2) is 4.79 Å². The van der Waals surface area contributed by atoms with Crippen LogP contribution in [-0.2, 0) is 11.2 Å². The van der Waals surface area contributed by atoms with E-state index in [9.17, 15) is 22.8 Å². The second-order valence-electron chi connectivity index (χ2n) is 4.57. The summed E-state index contributed by atoms with van der Waals surface area (Å²) in [6, 6.07) is 5.75. The van der Waals surface area contributed by atoms with Gasteiger partial charge in [-0.05, 0) is 18.1 Å². The highest BCUT2D eigenvalue weighted by atomic mass is 35.5. The summed E-state index contributed by atoms with van der Waals surface area (Å²) in [5, 5.41) is 4.26. The number of alkyl halides is 3. The van der Waals surface area contributed by atoms with E-state index in [0.717, 1.165) is 0 Å². The largest absolute Gasteiger partial charge is 0.405 e. The fourth-order valence-corrected chi connectivity index (χ4v) is 1.87. The molecule has 1 aromatic rings. The van der Waals surface area contributed by atoms with E-state index in [4.69, 9.17) is 17.3 Å². The summed E-state index contributed by atoms with van der Waals surface area (Å²) in [4.78, 5) is 22.6. The summed E-state index contributed by atoms with van der Waals surface area (Å²) >= 11 is 5.96. The average Bonchev–Trinajstić information content (AvgIpc) is 2.42. The zero-order valence-electron chi connectivity index (χ0n) is 11.4. The van der Waals surface area contributed by atoms with Crippen LogP contribution < -0.4 is 16.4 Å². The lowest BCUT2D eigenvalue weighted by atomic mass is 9.98. The zero-order chi connectivity index (χ0) is 16.8. The molecule has 22 heavy (non-hydrogen) atoms. The van der Waals surface area contributed by atoms with E-state index in [-0.39, 0.29) is 13.0 Å². The van der Waals surface area contributed by atoms with Crippen LogP contribution in [0.1, 0.15) is 5.56 Å². The fourth-order valence-electron chi connectivity index (χ4n) is 1.66. The molecule has 4 N–H and O–H groups in total. The molecular formula is C13H15ClF3N3O2. The summed E-state index contributed by atoms with van der Waals surface area (Å²) in [7, 11) is 0. The highest BCUT2D eigenvalue weighted by Gasteiger charge is 2.28. The van der Waals surface area contributed by atoms with Crippen molar-refractivity contribution in [3.8, 4) is 0 Å². The van der Waals surface area contributed by atoms with Crippen LogP contribution in [0.5, 0.6) is 0 Å². The molecular weight excluding hydrogens is 323 g/mol. The average molecular weight is 338 g/mol. The van der Waals surface area contributed by atoms with Gasteiger partial charge in [0.2, 0.25) is 5.91 Å². The van der Waals surface area contributed by atoms with Crippen LogP contribution in [0.2, 0.25) is 5.02 Å². The van der Waals surface area contributed by atoms with Crippen molar-refractivity contribution in [2.75, 3.05) is 13.1 Å². The molecule has 1 atom stereocenters. The molecule has 1 aromatic carbocycles. The summed E-state index contributed by atoms with van der Waals surface area (Å²) in [6.45, 7) is -1.64. The molecule has 1 rings (SSSR count). The maximum atomic E-state index is 11.9. The number of nitrogens with two attached hydrogens (primary N) is 1. The Bertz CT molecular complexity index is 538. The number of rotatable bonds is 6. The van der Waals surface area contributed by atoms with Gasteiger partial charge in [0.1, 0.15) is 6.54 Å². The van der Waals surface area contributed by atoms with Crippen LogP contribution in [0.3, 0.4) is 0 Å². The lowest BCUT2D eigenvalue weighted by molar-refractivity contribution is -0.123. The molecule has 3 amide bonds. The molecule has 0 saturated carbocycles. The Kier molecular flexibility index (Phi) is 6.48. The lowest BCUT2D eigenvalue weighted by Crippen LogP contribution is -2.44. The molecule has 0 aliphatic rings. The topological polar surface area (TPSA) is 84.2 Å². The van der Waals surface area contributed by atoms with Crippen molar-refractivity contribution >= 4 is 23.5 Å². The van der Waals surface area contributed by atoms with Gasteiger partial charge in [-0.3, -0.25) is 4.79 Å². The second-order valence-corrected chi connectivity index (χ2v) is 4.98. The van der Waals surface area contributed by atoms with Crippen LogP contribution in [-0.4, -0.2) is 31.2 Å². The molecule has 9 heteroatoms. The first-order valence-electron chi connectivity index (χ1n) is 6.30. The number of carbonyl (C=O) groups is 2. The van der Waals surface area contributed by atoms with Gasteiger partial charge in [0.15, 0.2) is 0 Å². The van der Waals surface area contributed by atoms with Gasteiger partial charge < -0.3 is 16.4 Å². The maximum Gasteiger partial charge on any atom is 0.405 e. The molecule has 0 heterocycles. The maximum absolute atomic E-state index is 11.9. The summed E-state index contributed by atoms with van der Waals surface area (Å²) in [6.07, 6.45) is -4.33. The van der Waals surface area contributed by atoms with E-state index in [2.05, 4.69) is 5.32 Å². The third-order valence-electron chi connectivity index (χ3n) is 2.78. The van der Waals surface area contributed by atoms with Gasteiger partial charge in [0.05, 0.1) is 5.92 Å². The smallest absolute Gasteiger partial charge is 0.369 e. The van der Waals surface area contributed by atoms with Gasteiger partial charge in [0.25, 0.3) is 0 Å². The number of primary amides is 1. The number of nitrogens with one attached hydrogen (secondary N) is 2. The number of benzene rings is 1. The van der Waals surface area contributed by atoms with Crippen molar-refractivity contribution in [1.82, 2.24) is 10.6 Å². The molecule has 5 nitrogen and oxygen atoms in total. The van der Waals surface area contributed by atoms with E-state index in [0.29, 0.717) is 10.6 Å². The number of carbonyl (C=O) groups excluding carboxylic acids is 2. The molecule has 0 saturated heterocycles. The Hall–Kier alpha value is -1.96. The zero-order valence-corrected chi connectivity index (χ0v) is 12.2. The van der Waals surface area contributed by atoms with Crippen LogP contribution in [0.4, 0.5) is 18.0 Å². The monoisotopic (exact) mass is 337 g/mol. The molecule has 0 radical (unpaired) electrons. The van der Waals surface area contributed by atoms with E-state index in [1.807, 2.05) is 0 Å². The van der Waals surface area contributed by atoms with Crippen molar-refractivity contribution in [1.29, 1.82) is 0 Å². The first-order chi connectivity index (χ1) is 10.2. The Morgan fingerprint density at radius 2 is 1.86 bits per heavy atom. The van der Waals surface area contributed by atoms with Crippen LogP contribution >= 0.6 is 11.6 Å². The molecule has 0 aliphatic heterocycles. The molecule has 0 aromatic heterocycles. The summed E-state index contributed by atoms with van der Waals surface area (Å²) in [5.74, 6) is -1.47. The van der Waals surface area contributed by atoms with E-state index < -0.39 is 30.6 Å². The Labute approximate surface area is 130 Å². The molecule has 0 unspecified atom stereocenters. The number of hydrogen-bond donors (Lipinski definition) is 3. The fraction of sp³-hybridized carbons (Fsp3) is 0.385. The summed E-state index contributed by atoms with van der Waals surface area (Å²) in [5.41, 5.74) is 5.89. The minimum atomic E-state index is -4.50. The SMILES string of the molecule is NC(=O)[C@@H](CNC(=O)NCC(F)(F)F)Cc1ccccc1Cl. The first-order valence-corrected chi connectivity index (χ1v) is 6.68. The van der Waals surface area contributed by atoms with E-state index in [1.54, 1.807) is 29.6 Å². The molecule has 0 aliphatic carbocycles. The third kappa shape index (κ3) is 6.66. The number of hydrogen-bond acceptors (Lipinski definition) is 2. The van der Waals surface area contributed by atoms with Crippen molar-refractivity contribution in [2.24, 2.45) is 11.7 Å². The highest BCUT2D eigenvalue weighted by Crippen LogP contribution is 2.18. The van der Waals surface area contributed by atoms with Crippen LogP contribution in [0.25, 0.3) is 0 Å². The molecule has 0 bridgehead atoms. The second kappa shape index (κ2) is 7.88. The number of halogens is 4. The normalized spacial score (nSPS) is 12.5. The molecule has 0 spiro atoms. The van der Waals surface area contributed by atoms with Gasteiger partial charge in [-0.1, -0.05) is 29.8 Å². The van der Waals surface area contributed by atoms with Crippen molar-refractivity contribution < 1.29 is 22.8 Å². The van der Waals surface area contributed by atoms with Gasteiger partial charge in [-0.2, -0.15) is 13.2 Å². The standard InChI is InChI=1S/C13H15ClF3N3O2/c14-10-4-2-1-3-8(10)5-9(11(18)21)6-19-12(22)20-7-13(15,16)17/h1-4,9H,5-7H2,(H2,18,21)(H2,19,20,22)/t9-/m1/s1. The minimum Gasteiger partial charge on any atom is -0.369 e. The van der Waals surface area contributed by atoms with Gasteiger partial charge in [-0.15, -0.1) is 0 Å².